The second-order valence-electron chi connectivity index (χ2n) is 2.01. The van der Waals surface area contributed by atoms with Crippen molar-refractivity contribution in [1.29, 1.82) is 0 Å². The molecular formula is C4H9NO2S. The van der Waals surface area contributed by atoms with Crippen LogP contribution in [0, 0.1) is 0 Å². The van der Waals surface area contributed by atoms with Crippen LogP contribution in [0.4, 0.5) is 0 Å². The van der Waals surface area contributed by atoms with E-state index in [1.165, 1.54) is 0 Å². The topological polar surface area (TPSA) is 60.2 Å². The largest absolute Gasteiger partial charge is 0.329 e. The van der Waals surface area contributed by atoms with Crippen molar-refractivity contribution in [3.05, 3.63) is 0 Å². The Morgan fingerprint density at radius 3 is 2.25 bits per heavy atom. The number of rotatable bonds is 1. The molecule has 3 nitrogen and oxygen atoms in total. The van der Waals surface area contributed by atoms with Gasteiger partial charge in [0.05, 0.1) is 11.0 Å². The van der Waals surface area contributed by atoms with E-state index in [1.54, 1.807) is 0 Å². The fraction of sp³-hybridized carbons (Fsp3) is 1.00. The summed E-state index contributed by atoms with van der Waals surface area (Å²) in [6.07, 6.45) is 0.763. The molecule has 0 amide bonds. The van der Waals surface area contributed by atoms with Crippen molar-refractivity contribution in [3.8, 4) is 0 Å². The Bertz CT molecular complexity index is 170. The van der Waals surface area contributed by atoms with Crippen molar-refractivity contribution < 1.29 is 8.42 Å². The molecular weight excluding hydrogens is 126 g/mol. The van der Waals surface area contributed by atoms with Crippen molar-refractivity contribution in [1.82, 2.24) is 0 Å². The maximum atomic E-state index is 10.6. The Kier molecular flexibility index (Phi) is 1.28. The summed E-state index contributed by atoms with van der Waals surface area (Å²) in [6, 6.07) is 0. The second kappa shape index (κ2) is 1.70. The van der Waals surface area contributed by atoms with E-state index in [0.29, 0.717) is 12.3 Å². The predicted molar refractivity (Wildman–Crippen MR) is 31.2 cm³/mol. The third-order valence-electron chi connectivity index (χ3n) is 1.50. The molecule has 1 unspecified atom stereocenters. The highest BCUT2D eigenvalue weighted by Gasteiger charge is 2.33. The molecule has 0 spiro atoms. The summed E-state index contributed by atoms with van der Waals surface area (Å²) in [5, 5.41) is -0.220. The third-order valence-corrected chi connectivity index (χ3v) is 3.74. The zero-order valence-electron chi connectivity index (χ0n) is 4.50. The summed E-state index contributed by atoms with van der Waals surface area (Å²) in [7, 11) is -2.70. The molecule has 0 aromatic carbocycles. The van der Waals surface area contributed by atoms with Crippen LogP contribution < -0.4 is 5.73 Å². The summed E-state index contributed by atoms with van der Waals surface area (Å²) < 4.78 is 21.1. The monoisotopic (exact) mass is 135 g/mol. The van der Waals surface area contributed by atoms with Crippen molar-refractivity contribution in [3.63, 3.8) is 0 Å². The molecule has 0 aliphatic carbocycles. The van der Waals surface area contributed by atoms with Crippen LogP contribution in [0.2, 0.25) is 0 Å². The lowest BCUT2D eigenvalue weighted by molar-refractivity contribution is 0.549. The first kappa shape index (κ1) is 6.04. The van der Waals surface area contributed by atoms with E-state index in [4.69, 9.17) is 5.73 Å². The highest BCUT2D eigenvalue weighted by atomic mass is 32.2. The normalized spacial score (nSPS) is 33.9. The standard InChI is InChI=1S/C4H9NO2S/c5-3-4-1-2-8(4,6)7/h4H,1-3,5H2. The van der Waals surface area contributed by atoms with Gasteiger partial charge in [-0.1, -0.05) is 0 Å². The highest BCUT2D eigenvalue weighted by molar-refractivity contribution is 7.93. The minimum Gasteiger partial charge on any atom is -0.329 e. The zero-order valence-corrected chi connectivity index (χ0v) is 5.32. The Hall–Kier alpha value is -0.0900. The minimum absolute atomic E-state index is 0.220. The average molecular weight is 135 g/mol. The molecule has 0 radical (unpaired) electrons. The van der Waals surface area contributed by atoms with E-state index in [1.807, 2.05) is 0 Å². The van der Waals surface area contributed by atoms with Gasteiger partial charge in [0, 0.05) is 6.54 Å². The maximum absolute atomic E-state index is 10.6. The molecule has 0 bridgehead atoms. The molecule has 2 N–H and O–H groups in total. The van der Waals surface area contributed by atoms with Crippen LogP contribution in [0.25, 0.3) is 0 Å². The quantitative estimate of drug-likeness (QED) is 0.508. The van der Waals surface area contributed by atoms with Crippen molar-refractivity contribution >= 4 is 9.84 Å². The molecule has 0 saturated carbocycles. The highest BCUT2D eigenvalue weighted by Crippen LogP contribution is 2.18. The lowest BCUT2D eigenvalue weighted by atomic mass is 10.3. The molecule has 1 heterocycles. The van der Waals surface area contributed by atoms with Crippen LogP contribution in [0.3, 0.4) is 0 Å². The van der Waals surface area contributed by atoms with E-state index < -0.39 is 9.84 Å². The summed E-state index contributed by atoms with van der Waals surface area (Å²) in [5.41, 5.74) is 5.13. The van der Waals surface area contributed by atoms with Crippen molar-refractivity contribution in [2.24, 2.45) is 5.73 Å². The van der Waals surface area contributed by atoms with E-state index in [-0.39, 0.29) is 5.25 Å². The van der Waals surface area contributed by atoms with Gasteiger partial charge in [0.1, 0.15) is 0 Å². The smallest absolute Gasteiger partial charge is 0.154 e. The summed E-state index contributed by atoms with van der Waals surface area (Å²) in [4.78, 5) is 0. The van der Waals surface area contributed by atoms with Gasteiger partial charge in [-0.05, 0) is 6.42 Å². The number of hydrogen-bond acceptors (Lipinski definition) is 3. The van der Waals surface area contributed by atoms with Gasteiger partial charge in [0.2, 0.25) is 0 Å². The van der Waals surface area contributed by atoms with Gasteiger partial charge in [-0.2, -0.15) is 0 Å². The summed E-state index contributed by atoms with van der Waals surface area (Å²) >= 11 is 0. The lowest BCUT2D eigenvalue weighted by Gasteiger charge is -2.23. The van der Waals surface area contributed by atoms with E-state index in [9.17, 15) is 8.42 Å². The van der Waals surface area contributed by atoms with Crippen LogP contribution in [0.5, 0.6) is 0 Å². The summed E-state index contributed by atoms with van der Waals surface area (Å²) in [6.45, 7) is 0.294. The molecule has 4 heteroatoms. The van der Waals surface area contributed by atoms with Crippen molar-refractivity contribution in [2.45, 2.75) is 11.7 Å². The number of sulfone groups is 1. The van der Waals surface area contributed by atoms with E-state index >= 15 is 0 Å². The molecule has 0 aromatic rings. The van der Waals surface area contributed by atoms with Crippen molar-refractivity contribution in [2.75, 3.05) is 12.3 Å². The van der Waals surface area contributed by atoms with Gasteiger partial charge in [0.25, 0.3) is 0 Å². The molecule has 1 aliphatic heterocycles. The van der Waals surface area contributed by atoms with Crippen LogP contribution in [0.15, 0.2) is 0 Å². The molecule has 1 rings (SSSR count). The predicted octanol–water partition coefficient (Wildman–Crippen LogP) is -0.868. The fourth-order valence-corrected chi connectivity index (χ4v) is 1.99. The van der Waals surface area contributed by atoms with Gasteiger partial charge >= 0.3 is 0 Å². The third kappa shape index (κ3) is 0.736. The Labute approximate surface area is 48.8 Å². The molecule has 1 atom stereocenters. The molecule has 0 aromatic heterocycles. The van der Waals surface area contributed by atoms with Crippen LogP contribution >= 0.6 is 0 Å². The van der Waals surface area contributed by atoms with Gasteiger partial charge < -0.3 is 5.73 Å². The molecule has 1 fully saturated rings. The molecule has 1 aliphatic rings. The van der Waals surface area contributed by atoms with Crippen LogP contribution in [-0.4, -0.2) is 26.0 Å². The van der Waals surface area contributed by atoms with Crippen LogP contribution in [0.1, 0.15) is 6.42 Å². The fourth-order valence-electron chi connectivity index (χ4n) is 0.741. The van der Waals surface area contributed by atoms with E-state index in [0.717, 1.165) is 6.42 Å². The van der Waals surface area contributed by atoms with Crippen LogP contribution in [-0.2, 0) is 9.84 Å². The van der Waals surface area contributed by atoms with Gasteiger partial charge in [-0.15, -0.1) is 0 Å². The number of hydrogen-bond donors (Lipinski definition) is 1. The first-order chi connectivity index (χ1) is 3.67. The minimum atomic E-state index is -2.70. The molecule has 8 heavy (non-hydrogen) atoms. The van der Waals surface area contributed by atoms with Gasteiger partial charge in [0.15, 0.2) is 9.84 Å². The van der Waals surface area contributed by atoms with Gasteiger partial charge in [-0.3, -0.25) is 0 Å². The average Bonchev–Trinajstić information content (AvgIpc) is 1.66. The Morgan fingerprint density at radius 1 is 1.62 bits per heavy atom. The summed E-state index contributed by atoms with van der Waals surface area (Å²) in [5.74, 6) is 0.342. The maximum Gasteiger partial charge on any atom is 0.154 e. The molecule has 48 valence electrons. The Balaban J connectivity index is 2.64. The molecule has 1 saturated heterocycles. The van der Waals surface area contributed by atoms with E-state index in [2.05, 4.69) is 0 Å². The van der Waals surface area contributed by atoms with Gasteiger partial charge in [-0.25, -0.2) is 8.42 Å². The SMILES string of the molecule is NCC1CCS1(=O)=O. The Morgan fingerprint density at radius 2 is 2.25 bits per heavy atom. The zero-order chi connectivity index (χ0) is 6.20. The first-order valence-corrected chi connectivity index (χ1v) is 4.30. The number of nitrogens with two attached hydrogens (primary N) is 1. The second-order valence-corrected chi connectivity index (χ2v) is 4.41. The lowest BCUT2D eigenvalue weighted by Crippen LogP contribution is -2.41. The first-order valence-electron chi connectivity index (χ1n) is 2.58.